The number of benzene rings is 1. The van der Waals surface area contributed by atoms with Gasteiger partial charge in [-0.05, 0) is 25.0 Å². The Bertz CT molecular complexity index is 527. The van der Waals surface area contributed by atoms with Crippen LogP contribution in [0.25, 0.3) is 0 Å². The van der Waals surface area contributed by atoms with Gasteiger partial charge < -0.3 is 5.11 Å². The summed E-state index contributed by atoms with van der Waals surface area (Å²) in [6.07, 6.45) is 2.78. The van der Waals surface area contributed by atoms with E-state index in [1.807, 2.05) is 0 Å². The SMILES string of the molecule is O=S(=O)(Nc1cccc(Cl)c1O)N1CCCCC1. The van der Waals surface area contributed by atoms with Crippen molar-refractivity contribution in [3.8, 4) is 5.75 Å². The lowest BCUT2D eigenvalue weighted by atomic mass is 10.2. The van der Waals surface area contributed by atoms with Gasteiger partial charge in [-0.3, -0.25) is 4.72 Å². The monoisotopic (exact) mass is 290 g/mol. The van der Waals surface area contributed by atoms with Gasteiger partial charge in [-0.25, -0.2) is 0 Å². The van der Waals surface area contributed by atoms with Gasteiger partial charge in [-0.1, -0.05) is 24.1 Å². The van der Waals surface area contributed by atoms with E-state index in [0.29, 0.717) is 13.1 Å². The van der Waals surface area contributed by atoms with E-state index in [4.69, 9.17) is 11.6 Å². The van der Waals surface area contributed by atoms with Gasteiger partial charge in [0.2, 0.25) is 0 Å². The van der Waals surface area contributed by atoms with E-state index in [9.17, 15) is 13.5 Å². The van der Waals surface area contributed by atoms with Crippen LogP contribution >= 0.6 is 11.6 Å². The van der Waals surface area contributed by atoms with Gasteiger partial charge in [-0.15, -0.1) is 0 Å². The number of anilines is 1. The lowest BCUT2D eigenvalue weighted by molar-refractivity contribution is 0.349. The normalized spacial score (nSPS) is 17.6. The summed E-state index contributed by atoms with van der Waals surface area (Å²) in [5.74, 6) is -0.250. The predicted octanol–water partition coefficient (Wildman–Crippen LogP) is 2.19. The van der Waals surface area contributed by atoms with Crippen molar-refractivity contribution < 1.29 is 13.5 Å². The zero-order valence-corrected chi connectivity index (χ0v) is 11.3. The zero-order valence-electron chi connectivity index (χ0n) is 9.76. The van der Waals surface area contributed by atoms with Crippen molar-refractivity contribution in [1.82, 2.24) is 4.31 Å². The molecule has 1 aliphatic heterocycles. The van der Waals surface area contributed by atoms with Crippen LogP contribution in [-0.4, -0.2) is 30.9 Å². The Morgan fingerprint density at radius 1 is 1.22 bits per heavy atom. The highest BCUT2D eigenvalue weighted by Gasteiger charge is 2.24. The molecule has 0 unspecified atom stereocenters. The van der Waals surface area contributed by atoms with E-state index < -0.39 is 10.2 Å². The van der Waals surface area contributed by atoms with Crippen molar-refractivity contribution in [2.45, 2.75) is 19.3 Å². The van der Waals surface area contributed by atoms with E-state index in [-0.39, 0.29) is 16.5 Å². The fourth-order valence-corrected chi connectivity index (χ4v) is 3.39. The second-order valence-corrected chi connectivity index (χ2v) is 6.28. The number of hydrogen-bond acceptors (Lipinski definition) is 3. The molecule has 0 aromatic heterocycles. The molecule has 1 aliphatic rings. The van der Waals surface area contributed by atoms with Crippen LogP contribution < -0.4 is 4.72 Å². The molecule has 0 atom stereocenters. The van der Waals surface area contributed by atoms with Gasteiger partial charge in [-0.2, -0.15) is 12.7 Å². The van der Waals surface area contributed by atoms with Gasteiger partial charge in [0.15, 0.2) is 5.75 Å². The number of phenolic OH excluding ortho intramolecular Hbond substituents is 1. The van der Waals surface area contributed by atoms with Crippen molar-refractivity contribution in [3.05, 3.63) is 23.2 Å². The number of hydrogen-bond donors (Lipinski definition) is 2. The maximum Gasteiger partial charge on any atom is 0.301 e. The highest BCUT2D eigenvalue weighted by molar-refractivity contribution is 7.90. The minimum Gasteiger partial charge on any atom is -0.504 e. The van der Waals surface area contributed by atoms with Gasteiger partial charge >= 0.3 is 10.2 Å². The Kier molecular flexibility index (Phi) is 3.99. The molecule has 1 heterocycles. The minimum atomic E-state index is -3.61. The molecule has 100 valence electrons. The smallest absolute Gasteiger partial charge is 0.301 e. The molecule has 0 saturated carbocycles. The molecule has 0 radical (unpaired) electrons. The van der Waals surface area contributed by atoms with Crippen molar-refractivity contribution in [2.24, 2.45) is 0 Å². The Morgan fingerprint density at radius 3 is 2.56 bits per heavy atom. The van der Waals surface area contributed by atoms with Crippen molar-refractivity contribution in [2.75, 3.05) is 17.8 Å². The van der Waals surface area contributed by atoms with Crippen LogP contribution in [0.15, 0.2) is 18.2 Å². The molecule has 7 heteroatoms. The average molecular weight is 291 g/mol. The summed E-state index contributed by atoms with van der Waals surface area (Å²) in [6.45, 7) is 1.02. The van der Waals surface area contributed by atoms with Crippen LogP contribution in [0, 0.1) is 0 Å². The van der Waals surface area contributed by atoms with E-state index in [2.05, 4.69) is 4.72 Å². The summed E-state index contributed by atoms with van der Waals surface area (Å²) in [7, 11) is -3.61. The highest BCUT2D eigenvalue weighted by Crippen LogP contribution is 2.32. The minimum absolute atomic E-state index is 0.105. The van der Waals surface area contributed by atoms with Gasteiger partial charge in [0.1, 0.15) is 0 Å². The number of nitrogens with zero attached hydrogens (tertiary/aromatic N) is 1. The molecule has 2 N–H and O–H groups in total. The number of phenols is 1. The zero-order chi connectivity index (χ0) is 13.2. The molecule has 0 spiro atoms. The number of aromatic hydroxyl groups is 1. The summed E-state index contributed by atoms with van der Waals surface area (Å²) < 4.78 is 27.9. The van der Waals surface area contributed by atoms with Crippen molar-refractivity contribution >= 4 is 27.5 Å². The average Bonchev–Trinajstić information content (AvgIpc) is 2.36. The molecular weight excluding hydrogens is 276 g/mol. The Balaban J connectivity index is 2.19. The van der Waals surface area contributed by atoms with Crippen LogP contribution in [0.3, 0.4) is 0 Å². The third-order valence-corrected chi connectivity index (χ3v) is 4.71. The second kappa shape index (κ2) is 5.34. The second-order valence-electron chi connectivity index (χ2n) is 4.20. The molecule has 2 rings (SSSR count). The van der Waals surface area contributed by atoms with E-state index >= 15 is 0 Å². The Labute approximate surface area is 112 Å². The molecule has 1 aromatic carbocycles. The lowest BCUT2D eigenvalue weighted by Gasteiger charge is -2.26. The number of nitrogens with one attached hydrogen (secondary N) is 1. The van der Waals surface area contributed by atoms with Gasteiger partial charge in [0, 0.05) is 13.1 Å². The molecule has 0 amide bonds. The van der Waals surface area contributed by atoms with Crippen LogP contribution in [0.1, 0.15) is 19.3 Å². The summed E-state index contributed by atoms with van der Waals surface area (Å²) >= 11 is 5.73. The van der Waals surface area contributed by atoms with Gasteiger partial charge in [0.05, 0.1) is 10.7 Å². The summed E-state index contributed by atoms with van der Waals surface area (Å²) in [5.41, 5.74) is 0.105. The summed E-state index contributed by atoms with van der Waals surface area (Å²) in [6, 6.07) is 4.55. The Morgan fingerprint density at radius 2 is 1.89 bits per heavy atom. The first-order chi connectivity index (χ1) is 8.50. The quantitative estimate of drug-likeness (QED) is 0.839. The van der Waals surface area contributed by atoms with Crippen molar-refractivity contribution in [1.29, 1.82) is 0 Å². The molecule has 1 fully saturated rings. The van der Waals surface area contributed by atoms with Crippen LogP contribution in [0.4, 0.5) is 5.69 Å². The topological polar surface area (TPSA) is 69.6 Å². The first kappa shape index (κ1) is 13.5. The van der Waals surface area contributed by atoms with E-state index in [1.54, 1.807) is 6.07 Å². The van der Waals surface area contributed by atoms with Gasteiger partial charge in [0.25, 0.3) is 0 Å². The standard InChI is InChI=1S/C11H15ClN2O3S/c12-9-5-4-6-10(11(9)15)13-18(16,17)14-7-2-1-3-8-14/h4-6,13,15H,1-3,7-8H2. The van der Waals surface area contributed by atoms with Crippen LogP contribution in [-0.2, 0) is 10.2 Å². The third kappa shape index (κ3) is 2.88. The van der Waals surface area contributed by atoms with Crippen molar-refractivity contribution in [3.63, 3.8) is 0 Å². The fraction of sp³-hybridized carbons (Fsp3) is 0.455. The summed E-state index contributed by atoms with van der Waals surface area (Å²) in [5, 5.41) is 9.80. The molecule has 0 aliphatic carbocycles. The maximum atomic E-state index is 12.1. The maximum absolute atomic E-state index is 12.1. The number of rotatable bonds is 3. The lowest BCUT2D eigenvalue weighted by Crippen LogP contribution is -2.39. The molecular formula is C11H15ClN2O3S. The summed E-state index contributed by atoms with van der Waals surface area (Å²) in [4.78, 5) is 0. The predicted molar refractivity (Wildman–Crippen MR) is 71.1 cm³/mol. The first-order valence-electron chi connectivity index (χ1n) is 5.76. The highest BCUT2D eigenvalue weighted by atomic mass is 35.5. The number of halogens is 1. The molecule has 0 bridgehead atoms. The van der Waals surface area contributed by atoms with E-state index in [1.165, 1.54) is 16.4 Å². The molecule has 18 heavy (non-hydrogen) atoms. The van der Waals surface area contributed by atoms with E-state index in [0.717, 1.165) is 19.3 Å². The Hall–Kier alpha value is -0.980. The first-order valence-corrected chi connectivity index (χ1v) is 7.58. The largest absolute Gasteiger partial charge is 0.504 e. The number of piperidine rings is 1. The molecule has 5 nitrogen and oxygen atoms in total. The fourth-order valence-electron chi connectivity index (χ4n) is 1.91. The third-order valence-electron chi connectivity index (χ3n) is 2.88. The van der Waals surface area contributed by atoms with Crippen LogP contribution in [0.2, 0.25) is 5.02 Å². The molecule has 1 saturated heterocycles. The number of para-hydroxylation sites is 1. The van der Waals surface area contributed by atoms with Crippen LogP contribution in [0.5, 0.6) is 5.75 Å². The molecule has 1 aromatic rings.